The molecule has 1 atom stereocenters. The summed E-state index contributed by atoms with van der Waals surface area (Å²) in [5.41, 5.74) is 1.28. The highest BCUT2D eigenvalue weighted by atomic mass is 32.2. The van der Waals surface area contributed by atoms with Gasteiger partial charge in [-0.25, -0.2) is 4.39 Å². The van der Waals surface area contributed by atoms with E-state index in [1.54, 1.807) is 17.8 Å². The molecule has 3 heteroatoms. The number of thioether (sulfide) groups is 1. The Bertz CT molecular complexity index is 372. The lowest BCUT2D eigenvalue weighted by molar-refractivity contribution is 0.601. The zero-order chi connectivity index (χ0) is 12.7. The van der Waals surface area contributed by atoms with Crippen LogP contribution in [0.1, 0.15) is 20.8 Å². The molecule has 0 aromatic heterocycles. The third-order valence-corrected chi connectivity index (χ3v) is 3.42. The fraction of sp³-hybridized carbons (Fsp3) is 0.429. The van der Waals surface area contributed by atoms with E-state index in [0.29, 0.717) is 6.04 Å². The zero-order valence-corrected chi connectivity index (χ0v) is 11.5. The highest BCUT2D eigenvalue weighted by Gasteiger charge is 2.07. The van der Waals surface area contributed by atoms with Crippen LogP contribution in [0.4, 0.5) is 4.39 Å². The van der Waals surface area contributed by atoms with Crippen molar-refractivity contribution in [1.82, 2.24) is 5.32 Å². The van der Waals surface area contributed by atoms with Gasteiger partial charge in [0.15, 0.2) is 0 Å². The molecule has 1 rings (SSSR count). The Morgan fingerprint density at radius 2 is 2.12 bits per heavy atom. The summed E-state index contributed by atoms with van der Waals surface area (Å²) in [7, 11) is 0. The van der Waals surface area contributed by atoms with Crippen molar-refractivity contribution in [2.24, 2.45) is 0 Å². The van der Waals surface area contributed by atoms with E-state index in [1.807, 2.05) is 12.1 Å². The van der Waals surface area contributed by atoms with Crippen molar-refractivity contribution in [3.63, 3.8) is 0 Å². The topological polar surface area (TPSA) is 12.0 Å². The van der Waals surface area contributed by atoms with Gasteiger partial charge in [-0.1, -0.05) is 30.7 Å². The quantitative estimate of drug-likeness (QED) is 0.610. The van der Waals surface area contributed by atoms with E-state index in [1.165, 1.54) is 11.6 Å². The minimum absolute atomic E-state index is 0.134. The van der Waals surface area contributed by atoms with E-state index >= 15 is 0 Å². The van der Waals surface area contributed by atoms with Crippen LogP contribution in [-0.2, 0) is 0 Å². The fourth-order valence-electron chi connectivity index (χ4n) is 1.57. The SMILES string of the molecule is CCNC(C=C(C)C)CSc1ccccc1F. The number of allylic oxidation sites excluding steroid dienone is 1. The minimum Gasteiger partial charge on any atom is -0.310 e. The van der Waals surface area contributed by atoms with Crippen LogP contribution < -0.4 is 5.32 Å². The van der Waals surface area contributed by atoms with Gasteiger partial charge in [-0.3, -0.25) is 0 Å². The first-order chi connectivity index (χ1) is 8.13. The maximum atomic E-state index is 13.4. The maximum absolute atomic E-state index is 13.4. The summed E-state index contributed by atoms with van der Waals surface area (Å²) < 4.78 is 13.4. The largest absolute Gasteiger partial charge is 0.310 e. The fourth-order valence-corrected chi connectivity index (χ4v) is 2.53. The van der Waals surface area contributed by atoms with Crippen LogP contribution in [0.25, 0.3) is 0 Å². The van der Waals surface area contributed by atoms with Crippen molar-refractivity contribution in [2.75, 3.05) is 12.3 Å². The second-order valence-electron chi connectivity index (χ2n) is 4.15. The number of hydrogen-bond acceptors (Lipinski definition) is 2. The van der Waals surface area contributed by atoms with Crippen molar-refractivity contribution in [2.45, 2.75) is 31.7 Å². The van der Waals surface area contributed by atoms with Gasteiger partial charge in [0.05, 0.1) is 0 Å². The predicted molar refractivity (Wildman–Crippen MR) is 74.0 cm³/mol. The summed E-state index contributed by atoms with van der Waals surface area (Å²) in [5, 5.41) is 3.38. The Hall–Kier alpha value is -0.800. The third kappa shape index (κ3) is 5.37. The second-order valence-corrected chi connectivity index (χ2v) is 5.21. The normalized spacial score (nSPS) is 12.2. The number of likely N-dealkylation sites (N-methyl/N-ethyl adjacent to an activating group) is 1. The minimum atomic E-state index is -0.134. The molecular formula is C14H20FNS. The Kier molecular flexibility index (Phi) is 6.30. The van der Waals surface area contributed by atoms with Crippen LogP contribution in [0.2, 0.25) is 0 Å². The average molecular weight is 253 g/mol. The molecule has 0 aliphatic heterocycles. The summed E-state index contributed by atoms with van der Waals surface area (Å²) in [5.74, 6) is 0.713. The lowest BCUT2D eigenvalue weighted by atomic mass is 10.2. The van der Waals surface area contributed by atoms with Crippen LogP contribution in [0.5, 0.6) is 0 Å². The summed E-state index contributed by atoms with van der Waals surface area (Å²) in [6, 6.07) is 7.22. The monoisotopic (exact) mass is 253 g/mol. The first kappa shape index (κ1) is 14.3. The van der Waals surface area contributed by atoms with Crippen LogP contribution in [0.15, 0.2) is 40.8 Å². The zero-order valence-electron chi connectivity index (χ0n) is 10.7. The molecule has 1 aromatic carbocycles. The molecule has 0 fully saturated rings. The maximum Gasteiger partial charge on any atom is 0.136 e. The van der Waals surface area contributed by atoms with Crippen molar-refractivity contribution < 1.29 is 4.39 Å². The van der Waals surface area contributed by atoms with E-state index in [4.69, 9.17) is 0 Å². The molecule has 0 aliphatic rings. The molecule has 94 valence electrons. The summed E-state index contributed by atoms with van der Waals surface area (Å²) in [6.07, 6.45) is 2.19. The highest BCUT2D eigenvalue weighted by Crippen LogP contribution is 2.22. The van der Waals surface area contributed by atoms with Crippen molar-refractivity contribution in [1.29, 1.82) is 0 Å². The second kappa shape index (κ2) is 7.51. The highest BCUT2D eigenvalue weighted by molar-refractivity contribution is 7.99. The molecule has 0 aliphatic carbocycles. The number of nitrogens with one attached hydrogen (secondary N) is 1. The molecular weight excluding hydrogens is 233 g/mol. The number of halogens is 1. The molecule has 0 bridgehead atoms. The molecule has 0 amide bonds. The molecule has 0 heterocycles. The molecule has 1 unspecified atom stereocenters. The lowest BCUT2D eigenvalue weighted by Gasteiger charge is -2.14. The molecule has 0 saturated carbocycles. The van der Waals surface area contributed by atoms with Crippen molar-refractivity contribution in [3.05, 3.63) is 41.7 Å². The molecule has 17 heavy (non-hydrogen) atoms. The Morgan fingerprint density at radius 3 is 2.71 bits per heavy atom. The van der Waals surface area contributed by atoms with E-state index in [9.17, 15) is 4.39 Å². The number of hydrogen-bond donors (Lipinski definition) is 1. The van der Waals surface area contributed by atoms with Crippen LogP contribution >= 0.6 is 11.8 Å². The molecule has 1 nitrogen and oxygen atoms in total. The van der Waals surface area contributed by atoms with Gasteiger partial charge in [0, 0.05) is 16.7 Å². The van der Waals surface area contributed by atoms with E-state index in [-0.39, 0.29) is 5.82 Å². The molecule has 0 spiro atoms. The van der Waals surface area contributed by atoms with Crippen LogP contribution in [0, 0.1) is 5.82 Å². The summed E-state index contributed by atoms with van der Waals surface area (Å²) in [4.78, 5) is 0.720. The first-order valence-electron chi connectivity index (χ1n) is 5.89. The first-order valence-corrected chi connectivity index (χ1v) is 6.87. The van der Waals surface area contributed by atoms with Gasteiger partial charge in [-0.05, 0) is 32.5 Å². The van der Waals surface area contributed by atoms with Crippen LogP contribution in [-0.4, -0.2) is 18.3 Å². The van der Waals surface area contributed by atoms with Gasteiger partial charge in [0.25, 0.3) is 0 Å². The predicted octanol–water partition coefficient (Wildman–Crippen LogP) is 3.86. The Morgan fingerprint density at radius 1 is 1.41 bits per heavy atom. The van der Waals surface area contributed by atoms with Gasteiger partial charge < -0.3 is 5.32 Å². The number of benzene rings is 1. The summed E-state index contributed by atoms with van der Waals surface area (Å²) in [6.45, 7) is 7.17. The van der Waals surface area contributed by atoms with Gasteiger partial charge in [-0.2, -0.15) is 0 Å². The van der Waals surface area contributed by atoms with E-state index in [2.05, 4.69) is 32.2 Å². The van der Waals surface area contributed by atoms with E-state index < -0.39 is 0 Å². The van der Waals surface area contributed by atoms with Crippen molar-refractivity contribution >= 4 is 11.8 Å². The third-order valence-electron chi connectivity index (χ3n) is 2.26. The average Bonchev–Trinajstić information content (AvgIpc) is 2.27. The Balaban J connectivity index is 2.58. The van der Waals surface area contributed by atoms with Crippen molar-refractivity contribution in [3.8, 4) is 0 Å². The van der Waals surface area contributed by atoms with Gasteiger partial charge in [0.2, 0.25) is 0 Å². The molecule has 0 radical (unpaired) electrons. The molecule has 0 saturated heterocycles. The smallest absolute Gasteiger partial charge is 0.136 e. The van der Waals surface area contributed by atoms with E-state index in [0.717, 1.165) is 17.2 Å². The number of rotatable bonds is 6. The molecule has 1 N–H and O–H groups in total. The molecule has 1 aromatic rings. The Labute approximate surface area is 107 Å². The van der Waals surface area contributed by atoms with Gasteiger partial charge in [-0.15, -0.1) is 11.8 Å². The van der Waals surface area contributed by atoms with Gasteiger partial charge in [0.1, 0.15) is 5.82 Å². The lowest BCUT2D eigenvalue weighted by Crippen LogP contribution is -2.29. The standard InChI is InChI=1S/C14H20FNS/c1-4-16-12(9-11(2)3)10-17-14-8-6-5-7-13(14)15/h5-9,12,16H,4,10H2,1-3H3. The van der Waals surface area contributed by atoms with Crippen LogP contribution in [0.3, 0.4) is 0 Å². The van der Waals surface area contributed by atoms with Gasteiger partial charge >= 0.3 is 0 Å². The summed E-state index contributed by atoms with van der Waals surface area (Å²) >= 11 is 1.55.